The van der Waals surface area contributed by atoms with Gasteiger partial charge in [-0.2, -0.15) is 0 Å². The average Bonchev–Trinajstić information content (AvgIpc) is 3.07. The van der Waals surface area contributed by atoms with Gasteiger partial charge < -0.3 is 20.3 Å². The summed E-state index contributed by atoms with van der Waals surface area (Å²) < 4.78 is 5.30. The molecule has 1 fully saturated rings. The summed E-state index contributed by atoms with van der Waals surface area (Å²) in [7, 11) is 1.60. The molecule has 2 aromatic rings. The molecule has 0 spiro atoms. The second-order valence-corrected chi connectivity index (χ2v) is 6.30. The van der Waals surface area contributed by atoms with E-state index in [4.69, 9.17) is 4.74 Å². The van der Waals surface area contributed by atoms with E-state index in [-0.39, 0.29) is 18.4 Å². The van der Waals surface area contributed by atoms with Crippen molar-refractivity contribution < 1.29 is 14.3 Å². The fourth-order valence-electron chi connectivity index (χ4n) is 2.99. The van der Waals surface area contributed by atoms with Gasteiger partial charge in [-0.25, -0.2) is 0 Å². The number of nitrogens with one attached hydrogen (secondary N) is 2. The summed E-state index contributed by atoms with van der Waals surface area (Å²) >= 11 is 0. The van der Waals surface area contributed by atoms with Gasteiger partial charge in [0.15, 0.2) is 0 Å². The van der Waals surface area contributed by atoms with Crippen molar-refractivity contribution in [3.8, 4) is 5.75 Å². The Morgan fingerprint density at radius 2 is 1.96 bits per heavy atom. The van der Waals surface area contributed by atoms with Gasteiger partial charge in [0.2, 0.25) is 11.8 Å². The van der Waals surface area contributed by atoms with Gasteiger partial charge in [0.05, 0.1) is 19.3 Å². The molecule has 0 bridgehead atoms. The van der Waals surface area contributed by atoms with Crippen molar-refractivity contribution in [3.05, 3.63) is 48.0 Å². The largest absolute Gasteiger partial charge is 0.495 e. The molecule has 6 heteroatoms. The van der Waals surface area contributed by atoms with Crippen molar-refractivity contribution in [2.24, 2.45) is 0 Å². The SMILES string of the molecule is COc1ccc(C)cc1NCC(=O)Nc1ccc(N2CCCC2=O)cc1. The van der Waals surface area contributed by atoms with Crippen molar-refractivity contribution in [1.29, 1.82) is 0 Å². The second kappa shape index (κ2) is 7.91. The Morgan fingerprint density at radius 3 is 2.62 bits per heavy atom. The van der Waals surface area contributed by atoms with Crippen molar-refractivity contribution in [1.82, 2.24) is 0 Å². The molecule has 26 heavy (non-hydrogen) atoms. The first kappa shape index (κ1) is 17.8. The maximum absolute atomic E-state index is 12.2. The fraction of sp³-hybridized carbons (Fsp3) is 0.300. The maximum atomic E-state index is 12.2. The van der Waals surface area contributed by atoms with Gasteiger partial charge in [0.25, 0.3) is 0 Å². The summed E-state index contributed by atoms with van der Waals surface area (Å²) in [6.45, 7) is 2.87. The number of ether oxygens (including phenoxy) is 1. The molecule has 0 aromatic heterocycles. The van der Waals surface area contributed by atoms with Crippen LogP contribution in [0.25, 0.3) is 0 Å². The predicted molar refractivity (Wildman–Crippen MR) is 103 cm³/mol. The average molecular weight is 353 g/mol. The molecule has 0 unspecified atom stereocenters. The minimum Gasteiger partial charge on any atom is -0.495 e. The lowest BCUT2D eigenvalue weighted by molar-refractivity contribution is -0.117. The standard InChI is InChI=1S/C20H23N3O3/c1-14-5-10-18(26-2)17(12-14)21-13-19(24)22-15-6-8-16(9-7-15)23-11-3-4-20(23)25/h5-10,12,21H,3-4,11,13H2,1-2H3,(H,22,24). The van der Waals surface area contributed by atoms with Crippen LogP contribution in [0.4, 0.5) is 17.1 Å². The van der Waals surface area contributed by atoms with Crippen LogP contribution in [0, 0.1) is 6.92 Å². The van der Waals surface area contributed by atoms with Crippen molar-refractivity contribution in [3.63, 3.8) is 0 Å². The molecule has 2 N–H and O–H groups in total. The molecule has 136 valence electrons. The molecule has 1 aliphatic heterocycles. The number of rotatable bonds is 6. The Bertz CT molecular complexity index is 802. The van der Waals surface area contributed by atoms with Crippen LogP contribution >= 0.6 is 0 Å². The third kappa shape index (κ3) is 4.14. The summed E-state index contributed by atoms with van der Waals surface area (Å²) in [6, 6.07) is 13.1. The van der Waals surface area contributed by atoms with Crippen LogP contribution in [0.5, 0.6) is 5.75 Å². The number of methoxy groups -OCH3 is 1. The number of hydrogen-bond acceptors (Lipinski definition) is 4. The molecule has 0 aliphatic carbocycles. The number of hydrogen-bond donors (Lipinski definition) is 2. The molecule has 3 rings (SSSR count). The summed E-state index contributed by atoms with van der Waals surface area (Å²) in [6.07, 6.45) is 1.50. The fourth-order valence-corrected chi connectivity index (χ4v) is 2.99. The maximum Gasteiger partial charge on any atom is 0.243 e. The third-order valence-electron chi connectivity index (χ3n) is 4.33. The molecule has 6 nitrogen and oxygen atoms in total. The first-order valence-electron chi connectivity index (χ1n) is 8.65. The van der Waals surface area contributed by atoms with Gasteiger partial charge in [-0.05, 0) is 55.3 Å². The topological polar surface area (TPSA) is 70.7 Å². The first-order chi connectivity index (χ1) is 12.6. The van der Waals surface area contributed by atoms with E-state index in [0.717, 1.165) is 29.9 Å². The van der Waals surface area contributed by atoms with Gasteiger partial charge in [-0.3, -0.25) is 9.59 Å². The molecule has 1 heterocycles. The highest BCUT2D eigenvalue weighted by Crippen LogP contribution is 2.25. The van der Waals surface area contributed by atoms with Crippen LogP contribution < -0.4 is 20.3 Å². The quantitative estimate of drug-likeness (QED) is 0.837. The van der Waals surface area contributed by atoms with E-state index < -0.39 is 0 Å². The van der Waals surface area contributed by atoms with Crippen LogP contribution in [-0.4, -0.2) is 32.0 Å². The minimum absolute atomic E-state index is 0.131. The van der Waals surface area contributed by atoms with Gasteiger partial charge in [-0.15, -0.1) is 0 Å². The van der Waals surface area contributed by atoms with Crippen molar-refractivity contribution in [2.75, 3.05) is 35.7 Å². The number of amides is 2. The zero-order chi connectivity index (χ0) is 18.5. The Labute approximate surface area is 153 Å². The molecular formula is C20H23N3O3. The van der Waals surface area contributed by atoms with Crippen LogP contribution in [0.15, 0.2) is 42.5 Å². The number of carbonyl (C=O) groups is 2. The number of carbonyl (C=O) groups excluding carboxylic acids is 2. The summed E-state index contributed by atoms with van der Waals surface area (Å²) in [5.74, 6) is 0.694. The van der Waals surface area contributed by atoms with Crippen molar-refractivity contribution >= 4 is 28.9 Å². The molecule has 0 saturated carbocycles. The van der Waals surface area contributed by atoms with E-state index >= 15 is 0 Å². The van der Waals surface area contributed by atoms with E-state index in [0.29, 0.717) is 17.9 Å². The molecule has 0 atom stereocenters. The van der Waals surface area contributed by atoms with E-state index in [9.17, 15) is 9.59 Å². The van der Waals surface area contributed by atoms with E-state index in [1.807, 2.05) is 49.4 Å². The number of nitrogens with zero attached hydrogens (tertiary/aromatic N) is 1. The zero-order valence-electron chi connectivity index (χ0n) is 15.0. The first-order valence-corrected chi connectivity index (χ1v) is 8.65. The predicted octanol–water partition coefficient (Wildman–Crippen LogP) is 3.18. The highest BCUT2D eigenvalue weighted by molar-refractivity contribution is 5.96. The van der Waals surface area contributed by atoms with Crippen molar-refractivity contribution in [2.45, 2.75) is 19.8 Å². The Morgan fingerprint density at radius 1 is 1.19 bits per heavy atom. The third-order valence-corrected chi connectivity index (χ3v) is 4.33. The highest BCUT2D eigenvalue weighted by Gasteiger charge is 2.21. The Balaban J connectivity index is 1.57. The molecule has 1 aliphatic rings. The summed E-state index contributed by atoms with van der Waals surface area (Å²) in [5.41, 5.74) is 3.43. The Kier molecular flexibility index (Phi) is 5.41. The van der Waals surface area contributed by atoms with Crippen LogP contribution in [0.2, 0.25) is 0 Å². The van der Waals surface area contributed by atoms with Gasteiger partial charge in [0.1, 0.15) is 5.75 Å². The van der Waals surface area contributed by atoms with Gasteiger partial charge in [0, 0.05) is 24.3 Å². The smallest absolute Gasteiger partial charge is 0.243 e. The lowest BCUT2D eigenvalue weighted by Gasteiger charge is -2.16. The monoisotopic (exact) mass is 353 g/mol. The summed E-state index contributed by atoms with van der Waals surface area (Å²) in [5, 5.41) is 5.94. The van der Waals surface area contributed by atoms with Gasteiger partial charge >= 0.3 is 0 Å². The summed E-state index contributed by atoms with van der Waals surface area (Å²) in [4.78, 5) is 25.7. The van der Waals surface area contributed by atoms with Crippen LogP contribution in [0.3, 0.4) is 0 Å². The van der Waals surface area contributed by atoms with Gasteiger partial charge in [-0.1, -0.05) is 6.07 Å². The number of benzene rings is 2. The second-order valence-electron chi connectivity index (χ2n) is 6.30. The molecule has 1 saturated heterocycles. The highest BCUT2D eigenvalue weighted by atomic mass is 16.5. The molecule has 2 amide bonds. The number of aryl methyl sites for hydroxylation is 1. The number of anilines is 3. The van der Waals surface area contributed by atoms with E-state index in [1.165, 1.54) is 0 Å². The van der Waals surface area contributed by atoms with Crippen LogP contribution in [0.1, 0.15) is 18.4 Å². The van der Waals surface area contributed by atoms with E-state index in [1.54, 1.807) is 12.0 Å². The zero-order valence-corrected chi connectivity index (χ0v) is 15.0. The molecule has 0 radical (unpaired) electrons. The van der Waals surface area contributed by atoms with Crippen LogP contribution in [-0.2, 0) is 9.59 Å². The molecular weight excluding hydrogens is 330 g/mol. The normalized spacial score (nSPS) is 13.6. The lowest BCUT2D eigenvalue weighted by Crippen LogP contribution is -2.24. The molecule has 2 aromatic carbocycles. The lowest BCUT2D eigenvalue weighted by atomic mass is 10.2. The van der Waals surface area contributed by atoms with E-state index in [2.05, 4.69) is 10.6 Å². The minimum atomic E-state index is -0.154. The Hall–Kier alpha value is -3.02.